The van der Waals surface area contributed by atoms with Crippen LogP contribution in [0.5, 0.6) is 0 Å². The molecule has 1 fully saturated rings. The van der Waals surface area contributed by atoms with Gasteiger partial charge in [-0.3, -0.25) is 4.79 Å². The molecule has 0 aromatic rings. The minimum Gasteiger partial charge on any atom is -0.300 e. The molecule has 0 bridgehead atoms. The lowest BCUT2D eigenvalue weighted by molar-refractivity contribution is -0.120. The Morgan fingerprint density at radius 3 is 2.73 bits per heavy atom. The van der Waals surface area contributed by atoms with Crippen molar-refractivity contribution >= 4 is 5.78 Å². The summed E-state index contributed by atoms with van der Waals surface area (Å²) in [6, 6.07) is 0. The number of carbonyl (C=O) groups excluding carboxylic acids is 1. The maximum Gasteiger partial charge on any atom is 0.133 e. The van der Waals surface area contributed by atoms with E-state index in [0.717, 1.165) is 25.7 Å². The van der Waals surface area contributed by atoms with Gasteiger partial charge in [0.15, 0.2) is 0 Å². The summed E-state index contributed by atoms with van der Waals surface area (Å²) in [5, 5.41) is 0. The first kappa shape index (κ1) is 12.7. The lowest BCUT2D eigenvalue weighted by atomic mass is 9.71. The minimum absolute atomic E-state index is 0.480. The minimum atomic E-state index is 0.480. The average Bonchev–Trinajstić information content (AvgIpc) is 2.13. The molecule has 1 rings (SSSR count). The van der Waals surface area contributed by atoms with Crippen LogP contribution in [-0.4, -0.2) is 5.78 Å². The molecule has 1 atom stereocenters. The van der Waals surface area contributed by atoms with Crippen molar-refractivity contribution in [2.24, 2.45) is 11.3 Å². The van der Waals surface area contributed by atoms with Gasteiger partial charge in [0.2, 0.25) is 0 Å². The zero-order valence-corrected chi connectivity index (χ0v) is 10.6. The average molecular weight is 210 g/mol. The van der Waals surface area contributed by atoms with Gasteiger partial charge in [-0.2, -0.15) is 0 Å². The van der Waals surface area contributed by atoms with Crippen LogP contribution in [0.3, 0.4) is 0 Å². The van der Waals surface area contributed by atoms with Crippen molar-refractivity contribution in [3.05, 3.63) is 0 Å². The van der Waals surface area contributed by atoms with Crippen LogP contribution in [0.2, 0.25) is 0 Å². The molecule has 0 aromatic heterocycles. The van der Waals surface area contributed by atoms with Crippen molar-refractivity contribution in [2.45, 2.75) is 72.1 Å². The fraction of sp³-hybridized carbons (Fsp3) is 0.929. The molecule has 1 saturated carbocycles. The number of ketones is 1. The van der Waals surface area contributed by atoms with Crippen LogP contribution in [0.25, 0.3) is 0 Å². The molecule has 0 amide bonds. The van der Waals surface area contributed by atoms with Crippen molar-refractivity contribution in [3.63, 3.8) is 0 Å². The predicted octanol–water partition coefficient (Wildman–Crippen LogP) is 4.35. The predicted molar refractivity (Wildman–Crippen MR) is 64.9 cm³/mol. The summed E-state index contributed by atoms with van der Waals surface area (Å²) in [4.78, 5) is 11.7. The van der Waals surface area contributed by atoms with Gasteiger partial charge in [-0.25, -0.2) is 0 Å². The second-order valence-electron chi connectivity index (χ2n) is 5.97. The molecule has 0 N–H and O–H groups in total. The monoisotopic (exact) mass is 210 g/mol. The van der Waals surface area contributed by atoms with Gasteiger partial charge in [0, 0.05) is 12.8 Å². The van der Waals surface area contributed by atoms with Gasteiger partial charge < -0.3 is 0 Å². The molecule has 0 radical (unpaired) electrons. The van der Waals surface area contributed by atoms with Crippen molar-refractivity contribution < 1.29 is 4.79 Å². The van der Waals surface area contributed by atoms with E-state index in [1.807, 2.05) is 0 Å². The van der Waals surface area contributed by atoms with Crippen LogP contribution in [0.15, 0.2) is 0 Å². The van der Waals surface area contributed by atoms with Crippen molar-refractivity contribution in [1.82, 2.24) is 0 Å². The Morgan fingerprint density at radius 1 is 1.40 bits per heavy atom. The summed E-state index contributed by atoms with van der Waals surface area (Å²) >= 11 is 0. The Morgan fingerprint density at radius 2 is 2.13 bits per heavy atom. The van der Waals surface area contributed by atoms with E-state index in [0.29, 0.717) is 17.1 Å². The topological polar surface area (TPSA) is 17.1 Å². The van der Waals surface area contributed by atoms with E-state index in [1.165, 1.54) is 25.7 Å². The molecule has 15 heavy (non-hydrogen) atoms. The zero-order chi connectivity index (χ0) is 11.3. The fourth-order valence-corrected chi connectivity index (χ4v) is 2.83. The van der Waals surface area contributed by atoms with Crippen LogP contribution in [0, 0.1) is 11.3 Å². The van der Waals surface area contributed by atoms with E-state index >= 15 is 0 Å². The van der Waals surface area contributed by atoms with Gasteiger partial charge >= 0.3 is 0 Å². The molecule has 1 aliphatic rings. The number of unbranched alkanes of at least 4 members (excludes halogenated alkanes) is 1. The first-order valence-electron chi connectivity index (χ1n) is 6.55. The molecule has 1 nitrogen and oxygen atoms in total. The Labute approximate surface area is 94.6 Å². The molecule has 0 spiro atoms. The SMILES string of the molecule is CCCCC(=O)CC1CCCC(C)(C)C1. The second kappa shape index (κ2) is 5.67. The highest BCUT2D eigenvalue weighted by Gasteiger charge is 2.28. The molecule has 0 aliphatic heterocycles. The maximum atomic E-state index is 11.7. The standard InChI is InChI=1S/C14H26O/c1-4-5-8-13(15)10-12-7-6-9-14(2,3)11-12/h12H,4-11H2,1-3H3. The summed E-state index contributed by atoms with van der Waals surface area (Å²) in [5.74, 6) is 1.18. The van der Waals surface area contributed by atoms with Gasteiger partial charge in [-0.1, -0.05) is 33.6 Å². The van der Waals surface area contributed by atoms with E-state index < -0.39 is 0 Å². The van der Waals surface area contributed by atoms with E-state index in [9.17, 15) is 4.79 Å². The van der Waals surface area contributed by atoms with Crippen LogP contribution in [0.4, 0.5) is 0 Å². The van der Waals surface area contributed by atoms with E-state index in [-0.39, 0.29) is 0 Å². The molecule has 1 unspecified atom stereocenters. The van der Waals surface area contributed by atoms with Crippen LogP contribution in [-0.2, 0) is 4.79 Å². The molecular weight excluding hydrogens is 184 g/mol. The van der Waals surface area contributed by atoms with Gasteiger partial charge in [0.25, 0.3) is 0 Å². The number of rotatable bonds is 5. The number of hydrogen-bond acceptors (Lipinski definition) is 1. The van der Waals surface area contributed by atoms with Crippen LogP contribution in [0.1, 0.15) is 72.1 Å². The smallest absolute Gasteiger partial charge is 0.133 e. The Balaban J connectivity index is 2.28. The quantitative estimate of drug-likeness (QED) is 0.659. The first-order valence-corrected chi connectivity index (χ1v) is 6.55. The Bertz CT molecular complexity index is 205. The highest BCUT2D eigenvalue weighted by Crippen LogP contribution is 2.39. The molecule has 1 aliphatic carbocycles. The second-order valence-corrected chi connectivity index (χ2v) is 5.97. The van der Waals surface area contributed by atoms with Crippen LogP contribution < -0.4 is 0 Å². The van der Waals surface area contributed by atoms with Gasteiger partial charge in [0.05, 0.1) is 0 Å². The third-order valence-corrected chi connectivity index (χ3v) is 3.63. The highest BCUT2D eigenvalue weighted by atomic mass is 16.1. The van der Waals surface area contributed by atoms with E-state index in [2.05, 4.69) is 20.8 Å². The number of Topliss-reactive ketones (excluding diaryl/α,β-unsaturated/α-hetero) is 1. The molecule has 0 saturated heterocycles. The number of carbonyl (C=O) groups is 1. The van der Waals surface area contributed by atoms with E-state index in [4.69, 9.17) is 0 Å². The van der Waals surface area contributed by atoms with Gasteiger partial charge in [-0.15, -0.1) is 0 Å². The molecule has 0 heterocycles. The van der Waals surface area contributed by atoms with Crippen molar-refractivity contribution in [3.8, 4) is 0 Å². The fourth-order valence-electron chi connectivity index (χ4n) is 2.83. The summed E-state index contributed by atoms with van der Waals surface area (Å²) in [5.41, 5.74) is 0.480. The summed E-state index contributed by atoms with van der Waals surface area (Å²) in [6.07, 6.45) is 9.07. The van der Waals surface area contributed by atoms with E-state index in [1.54, 1.807) is 0 Å². The lowest BCUT2D eigenvalue weighted by Gasteiger charge is -2.35. The summed E-state index contributed by atoms with van der Waals surface area (Å²) in [7, 11) is 0. The van der Waals surface area contributed by atoms with Crippen molar-refractivity contribution in [2.75, 3.05) is 0 Å². The molecule has 1 heteroatoms. The van der Waals surface area contributed by atoms with Crippen molar-refractivity contribution in [1.29, 1.82) is 0 Å². The number of hydrogen-bond donors (Lipinski definition) is 0. The highest BCUT2D eigenvalue weighted by molar-refractivity contribution is 5.78. The summed E-state index contributed by atoms with van der Waals surface area (Å²) < 4.78 is 0. The largest absolute Gasteiger partial charge is 0.300 e. The maximum absolute atomic E-state index is 11.7. The summed E-state index contributed by atoms with van der Waals surface area (Å²) in [6.45, 7) is 6.84. The molecule has 0 aromatic carbocycles. The van der Waals surface area contributed by atoms with Crippen LogP contribution >= 0.6 is 0 Å². The zero-order valence-electron chi connectivity index (χ0n) is 10.6. The third-order valence-electron chi connectivity index (χ3n) is 3.63. The first-order chi connectivity index (χ1) is 7.03. The third kappa shape index (κ3) is 4.81. The van der Waals surface area contributed by atoms with Gasteiger partial charge in [0.1, 0.15) is 5.78 Å². The molecule has 88 valence electrons. The van der Waals surface area contributed by atoms with Gasteiger partial charge in [-0.05, 0) is 37.0 Å². The molecular formula is C14H26O. The lowest BCUT2D eigenvalue weighted by Crippen LogP contribution is -2.24. The Hall–Kier alpha value is -0.330. The Kier molecular flexibility index (Phi) is 4.82. The normalized spacial score (nSPS) is 25.1.